The molecule has 96 valence electrons. The smallest absolute Gasteiger partial charge is 0.318 e. The first-order valence-electron chi connectivity index (χ1n) is 6.06. The van der Waals surface area contributed by atoms with Crippen molar-refractivity contribution >= 4 is 11.9 Å². The molecule has 1 atom stereocenters. The molecule has 0 aromatic carbocycles. The highest BCUT2D eigenvalue weighted by Crippen LogP contribution is 2.28. The van der Waals surface area contributed by atoms with Gasteiger partial charge >= 0.3 is 6.03 Å². The van der Waals surface area contributed by atoms with E-state index in [0.717, 1.165) is 39.0 Å². The van der Waals surface area contributed by atoms with Gasteiger partial charge in [0.2, 0.25) is 5.91 Å². The Morgan fingerprint density at radius 3 is 2.65 bits per heavy atom. The first-order chi connectivity index (χ1) is 8.15. The number of urea groups is 1. The van der Waals surface area contributed by atoms with Crippen LogP contribution in [0.25, 0.3) is 0 Å². The van der Waals surface area contributed by atoms with Crippen molar-refractivity contribution in [3.63, 3.8) is 0 Å². The summed E-state index contributed by atoms with van der Waals surface area (Å²) in [6, 6.07) is -0.288. The Balaban J connectivity index is 1.79. The fourth-order valence-corrected chi connectivity index (χ4v) is 2.20. The minimum absolute atomic E-state index is 0.254. The Bertz CT molecular complexity index is 298. The summed E-state index contributed by atoms with van der Waals surface area (Å²) in [7, 11) is 0. The molecule has 0 aromatic rings. The molecule has 0 bridgehead atoms. The maximum absolute atomic E-state index is 11.5. The van der Waals surface area contributed by atoms with E-state index in [0.29, 0.717) is 12.0 Å². The molecule has 6 heteroatoms. The van der Waals surface area contributed by atoms with E-state index in [1.165, 1.54) is 0 Å². The molecule has 3 N–H and O–H groups in total. The summed E-state index contributed by atoms with van der Waals surface area (Å²) >= 11 is 0. The highest BCUT2D eigenvalue weighted by atomic mass is 16.5. The Morgan fingerprint density at radius 2 is 2.12 bits per heavy atom. The van der Waals surface area contributed by atoms with Gasteiger partial charge in [-0.1, -0.05) is 0 Å². The van der Waals surface area contributed by atoms with Crippen LogP contribution in [-0.2, 0) is 9.53 Å². The Kier molecular flexibility index (Phi) is 3.96. The number of amides is 3. The Labute approximate surface area is 100 Å². The lowest BCUT2D eigenvalue weighted by Crippen LogP contribution is -2.44. The van der Waals surface area contributed by atoms with E-state index in [4.69, 9.17) is 10.5 Å². The van der Waals surface area contributed by atoms with Crippen LogP contribution in [0.3, 0.4) is 0 Å². The summed E-state index contributed by atoms with van der Waals surface area (Å²) in [6.45, 7) is 2.72. The molecule has 0 radical (unpaired) electrons. The third kappa shape index (κ3) is 3.98. The van der Waals surface area contributed by atoms with Crippen molar-refractivity contribution in [2.24, 2.45) is 11.7 Å². The molecule has 0 spiro atoms. The van der Waals surface area contributed by atoms with Gasteiger partial charge in [-0.15, -0.1) is 0 Å². The number of carbonyl (C=O) groups excluding carboxylic acids is 2. The van der Waals surface area contributed by atoms with Gasteiger partial charge < -0.3 is 10.5 Å². The second-order valence-corrected chi connectivity index (χ2v) is 4.80. The van der Waals surface area contributed by atoms with E-state index in [-0.39, 0.29) is 12.5 Å². The molecule has 2 rings (SSSR count). The van der Waals surface area contributed by atoms with Gasteiger partial charge in [-0.2, -0.15) is 0 Å². The van der Waals surface area contributed by atoms with Gasteiger partial charge in [-0.05, 0) is 25.2 Å². The van der Waals surface area contributed by atoms with Crippen LogP contribution in [0.5, 0.6) is 0 Å². The second kappa shape index (κ2) is 5.46. The van der Waals surface area contributed by atoms with E-state index in [9.17, 15) is 9.59 Å². The first kappa shape index (κ1) is 12.3. The Hall–Kier alpha value is -1.14. The first-order valence-corrected chi connectivity index (χ1v) is 6.06. The highest BCUT2D eigenvalue weighted by molar-refractivity contribution is 5.94. The topological polar surface area (TPSA) is 84.7 Å². The SMILES string of the molecule is NC(=O)NC(=O)CN(C[C@@H]1CCOC1)C1CC1. The van der Waals surface area contributed by atoms with Crippen LogP contribution in [0.15, 0.2) is 0 Å². The van der Waals surface area contributed by atoms with Gasteiger partial charge in [0, 0.05) is 19.2 Å². The monoisotopic (exact) mass is 241 g/mol. The average Bonchev–Trinajstić information content (AvgIpc) is 2.96. The minimum atomic E-state index is -0.782. The van der Waals surface area contributed by atoms with E-state index in [2.05, 4.69) is 10.2 Å². The molecule has 0 unspecified atom stereocenters. The van der Waals surface area contributed by atoms with Crippen molar-refractivity contribution in [1.82, 2.24) is 10.2 Å². The van der Waals surface area contributed by atoms with Crippen LogP contribution in [0.4, 0.5) is 4.79 Å². The third-order valence-electron chi connectivity index (χ3n) is 3.19. The molecule has 1 aliphatic heterocycles. The lowest BCUT2D eigenvalue weighted by Gasteiger charge is -2.23. The Morgan fingerprint density at radius 1 is 1.35 bits per heavy atom. The lowest BCUT2D eigenvalue weighted by atomic mass is 10.1. The molecule has 1 aliphatic carbocycles. The van der Waals surface area contributed by atoms with Crippen LogP contribution in [0.1, 0.15) is 19.3 Å². The fraction of sp³-hybridized carbons (Fsp3) is 0.818. The van der Waals surface area contributed by atoms with E-state index >= 15 is 0 Å². The zero-order valence-electron chi connectivity index (χ0n) is 9.85. The van der Waals surface area contributed by atoms with Gasteiger partial charge in [0.05, 0.1) is 13.2 Å². The number of carbonyl (C=O) groups is 2. The molecule has 1 saturated heterocycles. The standard InChI is InChI=1S/C11H19N3O3/c12-11(16)13-10(15)6-14(9-1-2-9)5-8-3-4-17-7-8/h8-9H,1-7H2,(H3,12,13,15,16)/t8-/m0/s1. The molecular formula is C11H19N3O3. The van der Waals surface area contributed by atoms with Crippen molar-refractivity contribution in [2.45, 2.75) is 25.3 Å². The summed E-state index contributed by atoms with van der Waals surface area (Å²) < 4.78 is 5.33. The van der Waals surface area contributed by atoms with Gasteiger partial charge in [0.1, 0.15) is 0 Å². The zero-order chi connectivity index (χ0) is 12.3. The number of nitrogens with two attached hydrogens (primary N) is 1. The maximum atomic E-state index is 11.5. The third-order valence-corrected chi connectivity index (χ3v) is 3.19. The van der Waals surface area contributed by atoms with E-state index in [1.54, 1.807) is 0 Å². The summed E-state index contributed by atoms with van der Waals surface area (Å²) in [6.07, 6.45) is 3.33. The maximum Gasteiger partial charge on any atom is 0.318 e. The van der Waals surface area contributed by atoms with Crippen molar-refractivity contribution < 1.29 is 14.3 Å². The van der Waals surface area contributed by atoms with Crippen LogP contribution < -0.4 is 11.1 Å². The van der Waals surface area contributed by atoms with Crippen molar-refractivity contribution in [3.8, 4) is 0 Å². The summed E-state index contributed by atoms with van der Waals surface area (Å²) in [5.41, 5.74) is 4.92. The number of nitrogens with one attached hydrogen (secondary N) is 1. The minimum Gasteiger partial charge on any atom is -0.381 e. The summed E-state index contributed by atoms with van der Waals surface area (Å²) in [4.78, 5) is 24.2. The second-order valence-electron chi connectivity index (χ2n) is 4.80. The largest absolute Gasteiger partial charge is 0.381 e. The number of hydrogen-bond acceptors (Lipinski definition) is 4. The number of rotatable bonds is 5. The highest BCUT2D eigenvalue weighted by Gasteiger charge is 2.32. The molecule has 2 fully saturated rings. The summed E-state index contributed by atoms with van der Waals surface area (Å²) in [5, 5.41) is 2.11. The van der Waals surface area contributed by atoms with Gasteiger partial charge in [0.25, 0.3) is 0 Å². The molecule has 17 heavy (non-hydrogen) atoms. The quantitative estimate of drug-likeness (QED) is 0.691. The van der Waals surface area contributed by atoms with Gasteiger partial charge in [-0.25, -0.2) is 4.79 Å². The van der Waals surface area contributed by atoms with Crippen LogP contribution in [-0.4, -0.2) is 49.2 Å². The molecule has 6 nitrogen and oxygen atoms in total. The van der Waals surface area contributed by atoms with Crippen LogP contribution in [0, 0.1) is 5.92 Å². The lowest BCUT2D eigenvalue weighted by molar-refractivity contribution is -0.121. The average molecular weight is 241 g/mol. The molecule has 1 saturated carbocycles. The number of primary amides is 1. The van der Waals surface area contributed by atoms with Gasteiger partial charge in [0.15, 0.2) is 0 Å². The number of nitrogens with zero attached hydrogens (tertiary/aromatic N) is 1. The fourth-order valence-electron chi connectivity index (χ4n) is 2.20. The number of imide groups is 1. The number of hydrogen-bond donors (Lipinski definition) is 2. The van der Waals surface area contributed by atoms with Crippen LogP contribution in [0.2, 0.25) is 0 Å². The number of ether oxygens (including phenoxy) is 1. The molecule has 1 heterocycles. The zero-order valence-corrected chi connectivity index (χ0v) is 9.85. The normalized spacial score (nSPS) is 23.9. The molecule has 0 aromatic heterocycles. The van der Waals surface area contributed by atoms with Crippen molar-refractivity contribution in [3.05, 3.63) is 0 Å². The van der Waals surface area contributed by atoms with Crippen molar-refractivity contribution in [1.29, 1.82) is 0 Å². The van der Waals surface area contributed by atoms with Gasteiger partial charge in [-0.3, -0.25) is 15.0 Å². The predicted octanol–water partition coefficient (Wildman–Crippen LogP) is -0.318. The molecule has 2 aliphatic rings. The summed E-state index contributed by atoms with van der Waals surface area (Å²) in [5.74, 6) is 0.195. The molecule has 3 amide bonds. The van der Waals surface area contributed by atoms with Crippen LogP contribution >= 0.6 is 0 Å². The van der Waals surface area contributed by atoms with E-state index in [1.807, 2.05) is 0 Å². The van der Waals surface area contributed by atoms with E-state index < -0.39 is 6.03 Å². The molecular weight excluding hydrogens is 222 g/mol. The predicted molar refractivity (Wildman–Crippen MR) is 61.2 cm³/mol. The van der Waals surface area contributed by atoms with Crippen molar-refractivity contribution in [2.75, 3.05) is 26.3 Å².